The lowest BCUT2D eigenvalue weighted by Gasteiger charge is -2.25. The van der Waals surface area contributed by atoms with Gasteiger partial charge in [-0.05, 0) is 26.7 Å². The molecule has 0 saturated carbocycles. The Morgan fingerprint density at radius 3 is 2.44 bits per heavy atom. The summed E-state index contributed by atoms with van der Waals surface area (Å²) in [6, 6.07) is -1.40. The van der Waals surface area contributed by atoms with Crippen molar-refractivity contribution >= 4 is 12.0 Å². The Labute approximate surface area is 95.9 Å². The van der Waals surface area contributed by atoms with Gasteiger partial charge in [0.15, 0.2) is 0 Å². The number of aliphatic carboxylic acids is 1. The first-order chi connectivity index (χ1) is 7.32. The van der Waals surface area contributed by atoms with Crippen molar-refractivity contribution in [3.63, 3.8) is 0 Å². The van der Waals surface area contributed by atoms with Crippen LogP contribution in [0.3, 0.4) is 0 Å². The highest BCUT2D eigenvalue weighted by molar-refractivity contribution is 5.82. The molecule has 0 spiro atoms. The van der Waals surface area contributed by atoms with E-state index in [1.54, 1.807) is 0 Å². The summed E-state index contributed by atoms with van der Waals surface area (Å²) in [5.74, 6) is -1.07. The molecule has 0 aromatic heterocycles. The molecule has 0 aromatic rings. The lowest BCUT2D eigenvalue weighted by molar-refractivity contribution is -0.139. The van der Waals surface area contributed by atoms with E-state index in [-0.39, 0.29) is 12.0 Å². The molecule has 1 unspecified atom stereocenters. The van der Waals surface area contributed by atoms with Crippen molar-refractivity contribution in [2.45, 2.75) is 45.2 Å². The molecule has 0 aliphatic carbocycles. The molecule has 5 nitrogen and oxygen atoms in total. The second-order valence-electron chi connectivity index (χ2n) is 4.25. The normalized spacial score (nSPS) is 12.7. The van der Waals surface area contributed by atoms with Crippen LogP contribution in [0.4, 0.5) is 4.79 Å². The van der Waals surface area contributed by atoms with Gasteiger partial charge in [-0.3, -0.25) is 0 Å². The number of carbonyl (C=O) groups excluding carboxylic acids is 1. The minimum absolute atomic E-state index is 0.204. The molecule has 5 heteroatoms. The fraction of sp³-hybridized carbons (Fsp3) is 0.636. The second-order valence-corrected chi connectivity index (χ2v) is 4.25. The van der Waals surface area contributed by atoms with Crippen molar-refractivity contribution in [3.8, 4) is 0 Å². The number of rotatable bonds is 6. The van der Waals surface area contributed by atoms with Gasteiger partial charge < -0.3 is 15.7 Å². The van der Waals surface area contributed by atoms with E-state index in [4.69, 9.17) is 5.11 Å². The number of urea groups is 1. The quantitative estimate of drug-likeness (QED) is 0.603. The van der Waals surface area contributed by atoms with E-state index in [0.717, 1.165) is 6.42 Å². The average molecular weight is 228 g/mol. The molecular formula is C11H20N2O3. The van der Waals surface area contributed by atoms with Crippen LogP contribution in [-0.4, -0.2) is 28.7 Å². The highest BCUT2D eigenvalue weighted by Crippen LogP contribution is 2.06. The van der Waals surface area contributed by atoms with Crippen molar-refractivity contribution in [1.82, 2.24) is 10.6 Å². The zero-order chi connectivity index (χ0) is 12.8. The van der Waals surface area contributed by atoms with Gasteiger partial charge in [0.2, 0.25) is 0 Å². The maximum absolute atomic E-state index is 11.5. The van der Waals surface area contributed by atoms with Gasteiger partial charge in [0.05, 0.1) is 0 Å². The first kappa shape index (κ1) is 14.5. The molecule has 0 aliphatic heterocycles. The van der Waals surface area contributed by atoms with Crippen LogP contribution in [0.1, 0.15) is 33.6 Å². The van der Waals surface area contributed by atoms with E-state index in [1.165, 1.54) is 6.08 Å². The fourth-order valence-corrected chi connectivity index (χ4v) is 0.978. The predicted octanol–water partition coefficient (Wildman–Crippen LogP) is 1.50. The van der Waals surface area contributed by atoms with E-state index >= 15 is 0 Å². The first-order valence-electron chi connectivity index (χ1n) is 5.24. The third-order valence-corrected chi connectivity index (χ3v) is 2.34. The summed E-state index contributed by atoms with van der Waals surface area (Å²) >= 11 is 0. The molecule has 16 heavy (non-hydrogen) atoms. The SMILES string of the molecule is C=CCC(NC(=O)NC(C)(C)CC)C(=O)O. The highest BCUT2D eigenvalue weighted by Gasteiger charge is 2.22. The third kappa shape index (κ3) is 5.38. The van der Waals surface area contributed by atoms with Gasteiger partial charge in [-0.25, -0.2) is 9.59 Å². The molecule has 92 valence electrons. The van der Waals surface area contributed by atoms with E-state index in [1.807, 2.05) is 20.8 Å². The monoisotopic (exact) mass is 228 g/mol. The Hall–Kier alpha value is -1.52. The Kier molecular flexibility index (Phi) is 5.56. The van der Waals surface area contributed by atoms with E-state index in [0.29, 0.717) is 0 Å². The fourth-order valence-electron chi connectivity index (χ4n) is 0.978. The molecule has 0 heterocycles. The minimum atomic E-state index is -1.07. The van der Waals surface area contributed by atoms with Crippen molar-refractivity contribution in [2.75, 3.05) is 0 Å². The number of nitrogens with one attached hydrogen (secondary N) is 2. The molecule has 0 radical (unpaired) electrons. The number of hydrogen-bond donors (Lipinski definition) is 3. The molecule has 0 saturated heterocycles. The summed E-state index contributed by atoms with van der Waals surface area (Å²) in [7, 11) is 0. The molecule has 0 aromatic carbocycles. The molecule has 0 bridgehead atoms. The largest absolute Gasteiger partial charge is 0.480 e. The number of amides is 2. The topological polar surface area (TPSA) is 78.4 Å². The first-order valence-corrected chi connectivity index (χ1v) is 5.24. The lowest BCUT2D eigenvalue weighted by atomic mass is 10.0. The van der Waals surface area contributed by atoms with Crippen molar-refractivity contribution in [3.05, 3.63) is 12.7 Å². The Morgan fingerprint density at radius 1 is 1.50 bits per heavy atom. The predicted molar refractivity (Wildman–Crippen MR) is 62.3 cm³/mol. The van der Waals surface area contributed by atoms with Crippen LogP contribution in [0.15, 0.2) is 12.7 Å². The number of carboxylic acid groups (broad SMARTS) is 1. The van der Waals surface area contributed by atoms with Crippen molar-refractivity contribution in [1.29, 1.82) is 0 Å². The maximum atomic E-state index is 11.5. The van der Waals surface area contributed by atoms with Gasteiger partial charge in [-0.2, -0.15) is 0 Å². The highest BCUT2D eigenvalue weighted by atomic mass is 16.4. The molecule has 3 N–H and O–H groups in total. The smallest absolute Gasteiger partial charge is 0.326 e. The van der Waals surface area contributed by atoms with Crippen LogP contribution in [-0.2, 0) is 4.79 Å². The van der Waals surface area contributed by atoms with Gasteiger partial charge in [0, 0.05) is 5.54 Å². The number of hydrogen-bond acceptors (Lipinski definition) is 2. The van der Waals surface area contributed by atoms with Crippen LogP contribution in [0.2, 0.25) is 0 Å². The molecule has 1 atom stereocenters. The van der Waals surface area contributed by atoms with Crippen LogP contribution >= 0.6 is 0 Å². The summed E-state index contributed by atoms with van der Waals surface area (Å²) in [5.41, 5.74) is -0.346. The molecular weight excluding hydrogens is 208 g/mol. The minimum Gasteiger partial charge on any atom is -0.480 e. The van der Waals surface area contributed by atoms with Crippen molar-refractivity contribution in [2.24, 2.45) is 0 Å². The van der Waals surface area contributed by atoms with Gasteiger partial charge in [-0.15, -0.1) is 6.58 Å². The summed E-state index contributed by atoms with van der Waals surface area (Å²) in [6.07, 6.45) is 2.43. The Morgan fingerprint density at radius 2 is 2.06 bits per heavy atom. The van der Waals surface area contributed by atoms with Gasteiger partial charge in [0.1, 0.15) is 6.04 Å². The van der Waals surface area contributed by atoms with Crippen LogP contribution in [0.5, 0.6) is 0 Å². The lowest BCUT2D eigenvalue weighted by Crippen LogP contribution is -2.52. The number of carbonyl (C=O) groups is 2. The molecule has 2 amide bonds. The Balaban J connectivity index is 4.30. The van der Waals surface area contributed by atoms with E-state index in [9.17, 15) is 9.59 Å². The van der Waals surface area contributed by atoms with Crippen LogP contribution < -0.4 is 10.6 Å². The summed E-state index contributed by atoms with van der Waals surface area (Å²) in [6.45, 7) is 9.13. The zero-order valence-corrected chi connectivity index (χ0v) is 10.0. The van der Waals surface area contributed by atoms with Crippen LogP contribution in [0.25, 0.3) is 0 Å². The zero-order valence-electron chi connectivity index (χ0n) is 10.0. The number of carboxylic acids is 1. The molecule has 0 fully saturated rings. The molecule has 0 rings (SSSR count). The van der Waals surface area contributed by atoms with Gasteiger partial charge in [-0.1, -0.05) is 13.0 Å². The summed E-state index contributed by atoms with van der Waals surface area (Å²) in [4.78, 5) is 22.3. The van der Waals surface area contributed by atoms with Crippen LogP contribution in [0, 0.1) is 0 Å². The third-order valence-electron chi connectivity index (χ3n) is 2.34. The van der Waals surface area contributed by atoms with Crippen molar-refractivity contribution < 1.29 is 14.7 Å². The van der Waals surface area contributed by atoms with E-state index < -0.39 is 18.0 Å². The van der Waals surface area contributed by atoms with Gasteiger partial charge >= 0.3 is 12.0 Å². The summed E-state index contributed by atoms with van der Waals surface area (Å²) < 4.78 is 0. The summed E-state index contributed by atoms with van der Waals surface area (Å²) in [5, 5.41) is 13.9. The standard InChI is InChI=1S/C11H20N2O3/c1-5-7-8(9(14)15)12-10(16)13-11(3,4)6-2/h5,8H,1,6-7H2,2-4H3,(H,14,15)(H2,12,13,16). The van der Waals surface area contributed by atoms with Gasteiger partial charge in [0.25, 0.3) is 0 Å². The average Bonchev–Trinajstić information content (AvgIpc) is 2.16. The maximum Gasteiger partial charge on any atom is 0.326 e. The molecule has 0 aliphatic rings. The van der Waals surface area contributed by atoms with E-state index in [2.05, 4.69) is 17.2 Å². The Bertz CT molecular complexity index is 274. The second kappa shape index (κ2) is 6.15.